The van der Waals surface area contributed by atoms with Crippen molar-refractivity contribution in [1.82, 2.24) is 10.3 Å². The highest BCUT2D eigenvalue weighted by molar-refractivity contribution is 5.89. The van der Waals surface area contributed by atoms with Crippen molar-refractivity contribution in [2.45, 2.75) is 18.9 Å². The zero-order valence-corrected chi connectivity index (χ0v) is 17.1. The van der Waals surface area contributed by atoms with Gasteiger partial charge in [0, 0.05) is 13.1 Å². The largest absolute Gasteiger partial charge is 0.488 e. The van der Waals surface area contributed by atoms with Crippen LogP contribution in [0.4, 0.5) is 20.7 Å². The summed E-state index contributed by atoms with van der Waals surface area (Å²) in [4.78, 5) is 19.3. The Bertz CT molecular complexity index is 992. The molecule has 0 bridgehead atoms. The first-order valence-corrected chi connectivity index (χ1v) is 10.4. The molecule has 2 aromatic carbocycles. The van der Waals surface area contributed by atoms with Gasteiger partial charge in [-0.05, 0) is 42.7 Å². The van der Waals surface area contributed by atoms with Crippen molar-refractivity contribution in [1.29, 1.82) is 0 Å². The van der Waals surface area contributed by atoms with Gasteiger partial charge in [0.25, 0.3) is 0 Å². The van der Waals surface area contributed by atoms with Crippen molar-refractivity contribution < 1.29 is 13.9 Å². The van der Waals surface area contributed by atoms with Crippen molar-refractivity contribution in [3.63, 3.8) is 0 Å². The third kappa shape index (κ3) is 5.51. The Kier molecular flexibility index (Phi) is 6.62. The Hall–Kier alpha value is -3.61. The number of benzene rings is 2. The Morgan fingerprint density at radius 3 is 2.48 bits per heavy atom. The molecule has 0 spiro atoms. The van der Waals surface area contributed by atoms with Crippen LogP contribution in [0, 0.1) is 5.82 Å². The summed E-state index contributed by atoms with van der Waals surface area (Å²) in [5, 5.41) is 5.71. The zero-order chi connectivity index (χ0) is 21.5. The van der Waals surface area contributed by atoms with E-state index >= 15 is 0 Å². The minimum absolute atomic E-state index is 0.0878. The second-order valence-corrected chi connectivity index (χ2v) is 7.40. The third-order valence-corrected chi connectivity index (χ3v) is 5.19. The number of amides is 2. The highest BCUT2D eigenvalue weighted by atomic mass is 19.1. The lowest BCUT2D eigenvalue weighted by molar-refractivity contribution is 0.231. The molecule has 2 N–H and O–H groups in total. The molecule has 0 radical (unpaired) electrons. The number of nitrogens with one attached hydrogen (secondary N) is 2. The fraction of sp³-hybridized carbons (Fsp3) is 0.250. The molecule has 2 heterocycles. The SMILES string of the molecule is O=C(Nc1ccc(N2CCCC2)nc1)NC(COc1ccccc1F)c1ccccc1. The van der Waals surface area contributed by atoms with E-state index in [1.54, 1.807) is 24.4 Å². The summed E-state index contributed by atoms with van der Waals surface area (Å²) in [6.07, 6.45) is 4.01. The molecule has 0 saturated carbocycles. The van der Waals surface area contributed by atoms with Gasteiger partial charge in [-0.15, -0.1) is 0 Å². The van der Waals surface area contributed by atoms with E-state index in [2.05, 4.69) is 20.5 Å². The molecule has 4 rings (SSSR count). The van der Waals surface area contributed by atoms with Gasteiger partial charge < -0.3 is 20.3 Å². The summed E-state index contributed by atoms with van der Waals surface area (Å²) in [6.45, 7) is 2.12. The van der Waals surface area contributed by atoms with E-state index in [1.165, 1.54) is 18.9 Å². The summed E-state index contributed by atoms with van der Waals surface area (Å²) in [6, 6.07) is 18.6. The van der Waals surface area contributed by atoms with E-state index in [1.807, 2.05) is 42.5 Å². The predicted molar refractivity (Wildman–Crippen MR) is 119 cm³/mol. The molecule has 1 saturated heterocycles. The number of nitrogens with zero attached hydrogens (tertiary/aromatic N) is 2. The average Bonchev–Trinajstić information content (AvgIpc) is 3.34. The number of hydrogen-bond acceptors (Lipinski definition) is 4. The molecule has 6 nitrogen and oxygen atoms in total. The maximum absolute atomic E-state index is 13.9. The van der Waals surface area contributed by atoms with Gasteiger partial charge in [0.1, 0.15) is 12.4 Å². The quantitative estimate of drug-likeness (QED) is 0.578. The Balaban J connectivity index is 1.40. The number of urea groups is 1. The van der Waals surface area contributed by atoms with Crippen LogP contribution in [0.3, 0.4) is 0 Å². The number of rotatable bonds is 7. The summed E-state index contributed by atoms with van der Waals surface area (Å²) in [5.74, 6) is 0.624. The molecule has 7 heteroatoms. The van der Waals surface area contributed by atoms with Crippen molar-refractivity contribution in [3.8, 4) is 5.75 Å². The molecule has 2 amide bonds. The highest BCUT2D eigenvalue weighted by Crippen LogP contribution is 2.21. The maximum Gasteiger partial charge on any atom is 0.319 e. The number of para-hydroxylation sites is 1. The standard InChI is InChI=1S/C24H25FN4O2/c25-20-10-4-5-11-22(20)31-17-21(18-8-2-1-3-9-18)28-24(30)27-19-12-13-23(26-16-19)29-14-6-7-15-29/h1-5,8-13,16,21H,6-7,14-15,17H2,(H2,27,28,30). The molecule has 1 atom stereocenters. The van der Waals surface area contributed by atoms with Gasteiger partial charge in [-0.25, -0.2) is 14.2 Å². The molecule has 1 fully saturated rings. The molecule has 0 aliphatic carbocycles. The number of carbonyl (C=O) groups excluding carboxylic acids is 1. The number of hydrogen-bond donors (Lipinski definition) is 2. The van der Waals surface area contributed by atoms with E-state index in [-0.39, 0.29) is 18.4 Å². The fourth-order valence-electron chi connectivity index (χ4n) is 3.56. The van der Waals surface area contributed by atoms with Gasteiger partial charge in [-0.2, -0.15) is 0 Å². The molecular formula is C24H25FN4O2. The first kappa shape index (κ1) is 20.7. The second kappa shape index (κ2) is 9.93. The lowest BCUT2D eigenvalue weighted by Gasteiger charge is -2.21. The molecule has 1 aliphatic rings. The van der Waals surface area contributed by atoms with Crippen molar-refractivity contribution >= 4 is 17.5 Å². The molecule has 31 heavy (non-hydrogen) atoms. The van der Waals surface area contributed by atoms with E-state index < -0.39 is 11.9 Å². The van der Waals surface area contributed by atoms with Crippen molar-refractivity contribution in [3.05, 3.63) is 84.3 Å². The Morgan fingerprint density at radius 1 is 1.03 bits per heavy atom. The van der Waals surface area contributed by atoms with Crippen LogP contribution in [0.15, 0.2) is 72.9 Å². The van der Waals surface area contributed by atoms with Gasteiger partial charge in [-0.1, -0.05) is 42.5 Å². The number of carbonyl (C=O) groups is 1. The monoisotopic (exact) mass is 420 g/mol. The van der Waals surface area contributed by atoms with Crippen LogP contribution in [0.1, 0.15) is 24.4 Å². The molecule has 1 aliphatic heterocycles. The molecular weight excluding hydrogens is 395 g/mol. The second-order valence-electron chi connectivity index (χ2n) is 7.40. The van der Waals surface area contributed by atoms with Crippen molar-refractivity contribution in [2.24, 2.45) is 0 Å². The summed E-state index contributed by atoms with van der Waals surface area (Å²) in [5.41, 5.74) is 1.46. The Labute approximate surface area is 181 Å². The number of ether oxygens (including phenoxy) is 1. The van der Waals surface area contributed by atoms with E-state index in [4.69, 9.17) is 4.74 Å². The molecule has 3 aromatic rings. The number of anilines is 2. The van der Waals surface area contributed by atoms with E-state index in [0.29, 0.717) is 5.69 Å². The molecule has 1 unspecified atom stereocenters. The van der Waals surface area contributed by atoms with Crippen LogP contribution in [0.2, 0.25) is 0 Å². The first-order valence-electron chi connectivity index (χ1n) is 10.4. The van der Waals surface area contributed by atoms with Crippen LogP contribution in [-0.4, -0.2) is 30.7 Å². The topological polar surface area (TPSA) is 66.5 Å². The van der Waals surface area contributed by atoms with Crippen LogP contribution in [0.5, 0.6) is 5.75 Å². The summed E-state index contributed by atoms with van der Waals surface area (Å²) in [7, 11) is 0. The maximum atomic E-state index is 13.9. The smallest absolute Gasteiger partial charge is 0.319 e. The highest BCUT2D eigenvalue weighted by Gasteiger charge is 2.17. The number of pyridine rings is 1. The average molecular weight is 420 g/mol. The van der Waals surface area contributed by atoms with Gasteiger partial charge in [-0.3, -0.25) is 0 Å². The van der Waals surface area contributed by atoms with Gasteiger partial charge >= 0.3 is 6.03 Å². The Morgan fingerprint density at radius 2 is 1.77 bits per heavy atom. The molecule has 160 valence electrons. The lowest BCUT2D eigenvalue weighted by Crippen LogP contribution is -2.35. The minimum atomic E-state index is -0.461. The normalized spacial score (nSPS) is 14.2. The lowest BCUT2D eigenvalue weighted by atomic mass is 10.1. The number of halogens is 1. The zero-order valence-electron chi connectivity index (χ0n) is 17.1. The predicted octanol–water partition coefficient (Wildman–Crippen LogP) is 4.76. The fourth-order valence-corrected chi connectivity index (χ4v) is 3.56. The van der Waals surface area contributed by atoms with Gasteiger partial charge in [0.15, 0.2) is 11.6 Å². The number of aromatic nitrogens is 1. The van der Waals surface area contributed by atoms with Gasteiger partial charge in [0.2, 0.25) is 0 Å². The summed E-state index contributed by atoms with van der Waals surface area (Å²) < 4.78 is 19.5. The van der Waals surface area contributed by atoms with Crippen LogP contribution >= 0.6 is 0 Å². The molecule has 1 aromatic heterocycles. The van der Waals surface area contributed by atoms with E-state index in [0.717, 1.165) is 24.5 Å². The van der Waals surface area contributed by atoms with Gasteiger partial charge in [0.05, 0.1) is 17.9 Å². The van der Waals surface area contributed by atoms with E-state index in [9.17, 15) is 9.18 Å². The minimum Gasteiger partial charge on any atom is -0.488 e. The summed E-state index contributed by atoms with van der Waals surface area (Å²) >= 11 is 0. The third-order valence-electron chi connectivity index (χ3n) is 5.19. The van der Waals surface area contributed by atoms with Crippen LogP contribution in [0.25, 0.3) is 0 Å². The van der Waals surface area contributed by atoms with Crippen molar-refractivity contribution in [2.75, 3.05) is 29.9 Å². The van der Waals surface area contributed by atoms with Crippen LogP contribution < -0.4 is 20.3 Å². The van der Waals surface area contributed by atoms with Crippen LogP contribution in [-0.2, 0) is 0 Å². The first-order chi connectivity index (χ1) is 15.2.